The number of anilines is 1. The molecule has 1 aromatic heterocycles. The first-order valence-electron chi connectivity index (χ1n) is 12.6. The van der Waals surface area contributed by atoms with E-state index < -0.39 is 6.36 Å². The van der Waals surface area contributed by atoms with Crippen molar-refractivity contribution in [3.05, 3.63) is 99.3 Å². The van der Waals surface area contributed by atoms with E-state index in [1.807, 2.05) is 63.7 Å². The smallest absolute Gasteiger partial charge is 0.406 e. The lowest BCUT2D eigenvalue weighted by Gasteiger charge is -2.27. The van der Waals surface area contributed by atoms with Crippen molar-refractivity contribution < 1.29 is 22.7 Å². The predicted octanol–water partition coefficient (Wildman–Crippen LogP) is 6.72. The van der Waals surface area contributed by atoms with Crippen LogP contribution in [-0.2, 0) is 13.1 Å². The Kier molecular flexibility index (Phi) is 8.72. The van der Waals surface area contributed by atoms with E-state index in [9.17, 15) is 18.0 Å². The van der Waals surface area contributed by atoms with Gasteiger partial charge in [0, 0.05) is 60.2 Å². The van der Waals surface area contributed by atoms with E-state index in [0.29, 0.717) is 37.3 Å². The van der Waals surface area contributed by atoms with Crippen molar-refractivity contribution >= 4 is 38.3 Å². The SMILES string of the molecule is O=C(c1ccc(CN(Cc2cccc(OC(F)(F)F)c2)c2nc(-c3ccc(Br)cc3)cs2)cc1)N1CCNCC1. The van der Waals surface area contributed by atoms with Crippen LogP contribution in [0.15, 0.2) is 82.6 Å². The summed E-state index contributed by atoms with van der Waals surface area (Å²) in [7, 11) is 0. The molecule has 6 nitrogen and oxygen atoms in total. The summed E-state index contributed by atoms with van der Waals surface area (Å²) >= 11 is 4.91. The van der Waals surface area contributed by atoms with Crippen LogP contribution in [0.2, 0.25) is 0 Å². The first-order valence-corrected chi connectivity index (χ1v) is 14.3. The number of benzene rings is 3. The highest BCUT2D eigenvalue weighted by atomic mass is 79.9. The highest BCUT2D eigenvalue weighted by Gasteiger charge is 2.31. The van der Waals surface area contributed by atoms with Crippen LogP contribution in [0.1, 0.15) is 21.5 Å². The van der Waals surface area contributed by atoms with Crippen molar-refractivity contribution in [1.29, 1.82) is 0 Å². The number of ether oxygens (including phenoxy) is 1. The second kappa shape index (κ2) is 12.4. The van der Waals surface area contributed by atoms with Crippen LogP contribution in [-0.4, -0.2) is 48.3 Å². The van der Waals surface area contributed by atoms with Gasteiger partial charge in [-0.3, -0.25) is 4.79 Å². The van der Waals surface area contributed by atoms with Gasteiger partial charge < -0.3 is 19.9 Å². The lowest BCUT2D eigenvalue weighted by atomic mass is 10.1. The monoisotopic (exact) mass is 630 g/mol. The molecule has 1 fully saturated rings. The number of nitrogens with one attached hydrogen (secondary N) is 1. The van der Waals surface area contributed by atoms with E-state index in [1.54, 1.807) is 12.1 Å². The second-order valence-electron chi connectivity index (χ2n) is 9.31. The summed E-state index contributed by atoms with van der Waals surface area (Å²) in [4.78, 5) is 21.6. The molecule has 5 rings (SSSR count). The summed E-state index contributed by atoms with van der Waals surface area (Å²) in [6.07, 6.45) is -4.77. The maximum absolute atomic E-state index is 12.9. The van der Waals surface area contributed by atoms with E-state index in [-0.39, 0.29) is 11.7 Å². The van der Waals surface area contributed by atoms with Gasteiger partial charge in [-0.25, -0.2) is 4.98 Å². The Morgan fingerprint density at radius 2 is 1.70 bits per heavy atom. The van der Waals surface area contributed by atoms with Gasteiger partial charge in [-0.1, -0.05) is 52.3 Å². The number of carbonyl (C=O) groups is 1. The van der Waals surface area contributed by atoms with Crippen molar-refractivity contribution in [2.75, 3.05) is 31.1 Å². The van der Waals surface area contributed by atoms with Gasteiger partial charge in [0.05, 0.1) is 5.69 Å². The van der Waals surface area contributed by atoms with Gasteiger partial charge in [0.2, 0.25) is 0 Å². The Morgan fingerprint density at radius 3 is 2.40 bits per heavy atom. The van der Waals surface area contributed by atoms with Gasteiger partial charge in [-0.2, -0.15) is 0 Å². The molecule has 0 bridgehead atoms. The third kappa shape index (κ3) is 7.41. The lowest BCUT2D eigenvalue weighted by Crippen LogP contribution is -2.46. The molecule has 1 saturated heterocycles. The van der Waals surface area contributed by atoms with Crippen LogP contribution in [0, 0.1) is 0 Å². The molecule has 3 aromatic carbocycles. The fourth-order valence-corrected chi connectivity index (χ4v) is 5.54. The number of amides is 1. The number of rotatable bonds is 8. The molecule has 0 spiro atoms. The number of halogens is 4. The number of aromatic nitrogens is 1. The number of hydrogen-bond acceptors (Lipinski definition) is 6. The standard InChI is InChI=1S/C29H26BrF3N4O2S/c30-24-10-8-22(9-11-24)26-19-40-28(35-26)37(18-21-2-1-3-25(16-21)39-29(31,32)33)17-20-4-6-23(7-5-20)27(38)36-14-12-34-13-15-36/h1-11,16,19,34H,12-15,17-18H2. The molecule has 0 aliphatic carbocycles. The topological polar surface area (TPSA) is 57.7 Å². The van der Waals surface area contributed by atoms with Crippen LogP contribution in [0.25, 0.3) is 11.3 Å². The van der Waals surface area contributed by atoms with E-state index >= 15 is 0 Å². The molecule has 1 aliphatic heterocycles. The molecule has 208 valence electrons. The minimum Gasteiger partial charge on any atom is -0.406 e. The van der Waals surface area contributed by atoms with Gasteiger partial charge >= 0.3 is 6.36 Å². The normalized spacial score (nSPS) is 13.8. The Morgan fingerprint density at radius 1 is 1.00 bits per heavy atom. The summed E-state index contributed by atoms with van der Waals surface area (Å²) in [5.41, 5.74) is 3.99. The van der Waals surface area contributed by atoms with Crippen molar-refractivity contribution in [2.45, 2.75) is 19.5 Å². The van der Waals surface area contributed by atoms with E-state index in [4.69, 9.17) is 4.98 Å². The molecule has 1 amide bonds. The quantitative estimate of drug-likeness (QED) is 0.234. The van der Waals surface area contributed by atoms with Gasteiger partial charge in [0.25, 0.3) is 5.91 Å². The zero-order valence-corrected chi connectivity index (χ0v) is 23.7. The van der Waals surface area contributed by atoms with Crippen LogP contribution in [0.5, 0.6) is 5.75 Å². The molecule has 1 aliphatic rings. The number of thiazole rings is 1. The summed E-state index contributed by atoms with van der Waals surface area (Å²) in [5.74, 6) is -0.263. The van der Waals surface area contributed by atoms with Crippen molar-refractivity contribution in [2.24, 2.45) is 0 Å². The highest BCUT2D eigenvalue weighted by molar-refractivity contribution is 9.10. The van der Waals surface area contributed by atoms with Crippen molar-refractivity contribution in [1.82, 2.24) is 15.2 Å². The first-order chi connectivity index (χ1) is 19.2. The Hall–Kier alpha value is -3.41. The van der Waals surface area contributed by atoms with Crippen molar-refractivity contribution in [3.8, 4) is 17.0 Å². The number of carbonyl (C=O) groups excluding carboxylic acids is 1. The highest BCUT2D eigenvalue weighted by Crippen LogP contribution is 2.31. The maximum atomic E-state index is 12.9. The summed E-state index contributed by atoms with van der Waals surface area (Å²) in [6.45, 7) is 3.67. The zero-order valence-electron chi connectivity index (χ0n) is 21.3. The zero-order chi connectivity index (χ0) is 28.1. The maximum Gasteiger partial charge on any atom is 0.573 e. The molecular weight excluding hydrogens is 605 g/mol. The fourth-order valence-electron chi connectivity index (χ4n) is 4.44. The summed E-state index contributed by atoms with van der Waals surface area (Å²) in [5, 5.41) is 5.93. The predicted molar refractivity (Wildman–Crippen MR) is 153 cm³/mol. The lowest BCUT2D eigenvalue weighted by molar-refractivity contribution is -0.274. The largest absolute Gasteiger partial charge is 0.573 e. The molecular formula is C29H26BrF3N4O2S. The molecule has 11 heteroatoms. The minimum atomic E-state index is -4.77. The van der Waals surface area contributed by atoms with Crippen molar-refractivity contribution in [3.63, 3.8) is 0 Å². The Labute approximate surface area is 242 Å². The third-order valence-corrected chi connectivity index (χ3v) is 7.82. The minimum absolute atomic E-state index is 0.00505. The van der Waals surface area contributed by atoms with E-state index in [1.165, 1.54) is 23.5 Å². The molecule has 1 N–H and O–H groups in total. The fraction of sp³-hybridized carbons (Fsp3) is 0.241. The molecule has 0 unspecified atom stereocenters. The Bertz CT molecular complexity index is 1440. The van der Waals surface area contributed by atoms with E-state index in [2.05, 4.69) is 26.0 Å². The molecule has 0 radical (unpaired) electrons. The molecule has 4 aromatic rings. The van der Waals surface area contributed by atoms with Gasteiger partial charge in [-0.15, -0.1) is 24.5 Å². The molecule has 40 heavy (non-hydrogen) atoms. The number of piperazine rings is 1. The first kappa shape index (κ1) is 28.1. The second-order valence-corrected chi connectivity index (χ2v) is 11.1. The average molecular weight is 632 g/mol. The van der Waals surface area contributed by atoms with Crippen LogP contribution in [0.4, 0.5) is 18.3 Å². The third-order valence-electron chi connectivity index (χ3n) is 6.39. The molecule has 0 saturated carbocycles. The van der Waals surface area contributed by atoms with E-state index in [0.717, 1.165) is 39.5 Å². The number of nitrogens with zero attached hydrogens (tertiary/aromatic N) is 3. The van der Waals surface area contributed by atoms with Crippen LogP contribution in [0.3, 0.4) is 0 Å². The van der Waals surface area contributed by atoms with Crippen LogP contribution >= 0.6 is 27.3 Å². The van der Waals surface area contributed by atoms with Gasteiger partial charge in [0.1, 0.15) is 5.75 Å². The number of hydrogen-bond donors (Lipinski definition) is 1. The van der Waals surface area contributed by atoms with Gasteiger partial charge in [0.15, 0.2) is 5.13 Å². The van der Waals surface area contributed by atoms with Crippen LogP contribution < -0.4 is 15.0 Å². The average Bonchev–Trinajstić information content (AvgIpc) is 3.43. The molecule has 0 atom stereocenters. The summed E-state index contributed by atoms with van der Waals surface area (Å²) < 4.78 is 43.5. The summed E-state index contributed by atoms with van der Waals surface area (Å²) in [6, 6.07) is 21.3. The number of alkyl halides is 3. The molecule has 2 heterocycles. The van der Waals surface area contributed by atoms with Gasteiger partial charge in [-0.05, 0) is 47.5 Å². The Balaban J connectivity index is 1.38.